The molecule has 0 aromatic heterocycles. The van der Waals surface area contributed by atoms with Gasteiger partial charge in [-0.3, -0.25) is 4.79 Å². The lowest BCUT2D eigenvalue weighted by Gasteiger charge is -2.16. The molecule has 3 heteroatoms. The first-order chi connectivity index (χ1) is 7.94. The van der Waals surface area contributed by atoms with Crippen molar-refractivity contribution >= 4 is 5.97 Å². The van der Waals surface area contributed by atoms with Gasteiger partial charge in [0.2, 0.25) is 0 Å². The van der Waals surface area contributed by atoms with Gasteiger partial charge in [-0.1, -0.05) is 26.0 Å². The molecule has 0 amide bonds. The van der Waals surface area contributed by atoms with Gasteiger partial charge in [0.25, 0.3) is 0 Å². The maximum atomic E-state index is 13.8. The van der Waals surface area contributed by atoms with Crippen LogP contribution in [0.2, 0.25) is 0 Å². The minimum Gasteiger partial charge on any atom is -0.481 e. The number of carboxylic acids is 1. The molecule has 0 atom stereocenters. The summed E-state index contributed by atoms with van der Waals surface area (Å²) >= 11 is 0. The maximum Gasteiger partial charge on any atom is 0.304 e. The summed E-state index contributed by atoms with van der Waals surface area (Å²) in [5.41, 5.74) is 1.21. The van der Waals surface area contributed by atoms with Crippen molar-refractivity contribution in [1.82, 2.24) is 0 Å². The Morgan fingerprint density at radius 1 is 1.47 bits per heavy atom. The summed E-state index contributed by atoms with van der Waals surface area (Å²) in [5, 5.41) is 8.90. The van der Waals surface area contributed by atoms with Gasteiger partial charge in [-0.05, 0) is 36.0 Å². The van der Waals surface area contributed by atoms with Crippen molar-refractivity contribution in [2.75, 3.05) is 0 Å². The molecular weight excluding hydrogens is 219 g/mol. The lowest BCUT2D eigenvalue weighted by Crippen LogP contribution is -2.15. The average Bonchev–Trinajstić information content (AvgIpc) is 2.97. The topological polar surface area (TPSA) is 37.3 Å². The number of benzene rings is 1. The summed E-state index contributed by atoms with van der Waals surface area (Å²) < 4.78 is 13.8. The van der Waals surface area contributed by atoms with Crippen LogP contribution in [0.5, 0.6) is 0 Å². The van der Waals surface area contributed by atoms with Crippen LogP contribution in [0.4, 0.5) is 4.39 Å². The molecule has 1 aromatic rings. The molecule has 1 saturated carbocycles. The van der Waals surface area contributed by atoms with Gasteiger partial charge >= 0.3 is 5.97 Å². The number of carbonyl (C=O) groups is 1. The van der Waals surface area contributed by atoms with Crippen LogP contribution in [0.3, 0.4) is 0 Å². The van der Waals surface area contributed by atoms with Gasteiger partial charge in [-0.25, -0.2) is 4.39 Å². The highest BCUT2D eigenvalue weighted by molar-refractivity contribution is 5.70. The van der Waals surface area contributed by atoms with Crippen LogP contribution in [0.1, 0.15) is 50.2 Å². The maximum absolute atomic E-state index is 13.8. The Morgan fingerprint density at radius 3 is 2.59 bits per heavy atom. The molecule has 0 spiro atoms. The summed E-state index contributed by atoms with van der Waals surface area (Å²) in [6, 6.07) is 5.09. The van der Waals surface area contributed by atoms with E-state index in [-0.39, 0.29) is 12.2 Å². The highest BCUT2D eigenvalue weighted by Crippen LogP contribution is 2.52. The zero-order valence-electron chi connectivity index (χ0n) is 10.2. The number of hydrogen-bond donors (Lipinski definition) is 1. The SMILES string of the molecule is CC(C)c1ccc(F)c(C2(CC(=O)O)CC2)c1. The predicted molar refractivity (Wildman–Crippen MR) is 63.7 cm³/mol. The van der Waals surface area contributed by atoms with Gasteiger partial charge in [0.15, 0.2) is 0 Å². The first kappa shape index (κ1) is 12.1. The van der Waals surface area contributed by atoms with Crippen molar-refractivity contribution in [3.8, 4) is 0 Å². The molecule has 0 unspecified atom stereocenters. The third kappa shape index (κ3) is 2.33. The molecule has 17 heavy (non-hydrogen) atoms. The van der Waals surface area contributed by atoms with Crippen LogP contribution in [-0.2, 0) is 10.2 Å². The molecule has 0 radical (unpaired) electrons. The van der Waals surface area contributed by atoms with Crippen LogP contribution in [0.25, 0.3) is 0 Å². The molecular formula is C14H17FO2. The second-order valence-electron chi connectivity index (χ2n) is 5.24. The zero-order chi connectivity index (χ0) is 12.6. The van der Waals surface area contributed by atoms with Crippen LogP contribution in [0, 0.1) is 5.82 Å². The Hall–Kier alpha value is -1.38. The smallest absolute Gasteiger partial charge is 0.304 e. The van der Waals surface area contributed by atoms with E-state index in [9.17, 15) is 9.18 Å². The second-order valence-corrected chi connectivity index (χ2v) is 5.24. The molecule has 0 saturated heterocycles. The number of rotatable bonds is 4. The van der Waals surface area contributed by atoms with E-state index >= 15 is 0 Å². The van der Waals surface area contributed by atoms with E-state index in [1.165, 1.54) is 6.07 Å². The van der Waals surface area contributed by atoms with Crippen molar-refractivity contribution in [2.24, 2.45) is 0 Å². The summed E-state index contributed by atoms with van der Waals surface area (Å²) in [7, 11) is 0. The Morgan fingerprint density at radius 2 is 2.12 bits per heavy atom. The molecule has 0 aliphatic heterocycles. The number of carboxylic acid groups (broad SMARTS) is 1. The largest absolute Gasteiger partial charge is 0.481 e. The lowest BCUT2D eigenvalue weighted by atomic mass is 9.89. The van der Waals surface area contributed by atoms with Crippen molar-refractivity contribution in [1.29, 1.82) is 0 Å². The minimum atomic E-state index is -0.850. The quantitative estimate of drug-likeness (QED) is 0.869. The standard InChI is InChI=1S/C14H17FO2/c1-9(2)10-3-4-12(15)11(7-10)14(5-6-14)8-13(16)17/h3-4,7,9H,5-6,8H2,1-2H3,(H,16,17). The Balaban J connectivity index is 2.37. The molecule has 1 N–H and O–H groups in total. The molecule has 2 rings (SSSR count). The molecule has 0 heterocycles. The van der Waals surface area contributed by atoms with Gasteiger partial charge < -0.3 is 5.11 Å². The van der Waals surface area contributed by atoms with Crippen molar-refractivity contribution < 1.29 is 14.3 Å². The number of aliphatic carboxylic acids is 1. The number of hydrogen-bond acceptors (Lipinski definition) is 1. The predicted octanol–water partition coefficient (Wildman–Crippen LogP) is 3.46. The average molecular weight is 236 g/mol. The Labute approximate surface area is 100 Å². The summed E-state index contributed by atoms with van der Waals surface area (Å²) in [6.07, 6.45) is 1.58. The summed E-state index contributed by atoms with van der Waals surface area (Å²) in [6.45, 7) is 4.10. The first-order valence-electron chi connectivity index (χ1n) is 5.96. The van der Waals surface area contributed by atoms with Gasteiger partial charge in [0, 0.05) is 5.41 Å². The third-order valence-electron chi connectivity index (χ3n) is 3.57. The monoisotopic (exact) mass is 236 g/mol. The van der Waals surface area contributed by atoms with Gasteiger partial charge in [-0.15, -0.1) is 0 Å². The van der Waals surface area contributed by atoms with E-state index < -0.39 is 11.4 Å². The van der Waals surface area contributed by atoms with Crippen molar-refractivity contribution in [2.45, 2.75) is 44.4 Å². The van der Waals surface area contributed by atoms with Crippen molar-refractivity contribution in [3.05, 3.63) is 35.1 Å². The normalized spacial score (nSPS) is 17.2. The van der Waals surface area contributed by atoms with Crippen molar-refractivity contribution in [3.63, 3.8) is 0 Å². The van der Waals surface area contributed by atoms with E-state index in [1.807, 2.05) is 19.9 Å². The molecule has 1 aromatic carbocycles. The first-order valence-corrected chi connectivity index (χ1v) is 5.96. The van der Waals surface area contributed by atoms with Gasteiger partial charge in [0.1, 0.15) is 5.82 Å². The molecule has 1 fully saturated rings. The van der Waals surface area contributed by atoms with E-state index in [2.05, 4.69) is 0 Å². The molecule has 0 bridgehead atoms. The molecule has 2 nitrogen and oxygen atoms in total. The van der Waals surface area contributed by atoms with E-state index in [0.29, 0.717) is 11.5 Å². The highest BCUT2D eigenvalue weighted by atomic mass is 19.1. The fourth-order valence-electron chi connectivity index (χ4n) is 2.29. The molecule has 1 aliphatic carbocycles. The van der Waals surface area contributed by atoms with Crippen LogP contribution in [-0.4, -0.2) is 11.1 Å². The van der Waals surface area contributed by atoms with Gasteiger partial charge in [0.05, 0.1) is 6.42 Å². The van der Waals surface area contributed by atoms with Crippen LogP contribution >= 0.6 is 0 Å². The fourth-order valence-corrected chi connectivity index (χ4v) is 2.29. The Bertz CT molecular complexity index is 448. The van der Waals surface area contributed by atoms with Gasteiger partial charge in [-0.2, -0.15) is 0 Å². The second kappa shape index (κ2) is 4.13. The van der Waals surface area contributed by atoms with E-state index in [0.717, 1.165) is 18.4 Å². The summed E-state index contributed by atoms with van der Waals surface area (Å²) in [4.78, 5) is 10.8. The zero-order valence-corrected chi connectivity index (χ0v) is 10.2. The summed E-state index contributed by atoms with van der Waals surface area (Å²) in [5.74, 6) is -0.792. The highest BCUT2D eigenvalue weighted by Gasteiger charge is 2.47. The number of halogens is 1. The fraction of sp³-hybridized carbons (Fsp3) is 0.500. The van der Waals surface area contributed by atoms with E-state index in [4.69, 9.17) is 5.11 Å². The molecule has 1 aliphatic rings. The minimum absolute atomic E-state index is 0.0332. The molecule has 92 valence electrons. The van der Waals surface area contributed by atoms with Crippen LogP contribution in [0.15, 0.2) is 18.2 Å². The Kier molecular flexibility index (Phi) is 2.94. The third-order valence-corrected chi connectivity index (χ3v) is 3.57. The van der Waals surface area contributed by atoms with Crippen LogP contribution < -0.4 is 0 Å². The lowest BCUT2D eigenvalue weighted by molar-refractivity contribution is -0.137. The van der Waals surface area contributed by atoms with E-state index in [1.54, 1.807) is 6.07 Å².